The van der Waals surface area contributed by atoms with Gasteiger partial charge in [-0.25, -0.2) is 0 Å². The van der Waals surface area contributed by atoms with E-state index >= 15 is 0 Å². The molecule has 172 valence electrons. The summed E-state index contributed by atoms with van der Waals surface area (Å²) in [5.74, 6) is -0.124. The van der Waals surface area contributed by atoms with Crippen molar-refractivity contribution < 1.29 is 14.4 Å². The minimum absolute atomic E-state index is 0.0171. The first-order chi connectivity index (χ1) is 15.3. The highest BCUT2D eigenvalue weighted by Crippen LogP contribution is 2.25. The highest BCUT2D eigenvalue weighted by atomic mass is 32.2. The summed E-state index contributed by atoms with van der Waals surface area (Å²) >= 11 is 1.37. The van der Waals surface area contributed by atoms with Crippen LogP contribution in [0.15, 0.2) is 29.4 Å². The third kappa shape index (κ3) is 5.67. The summed E-state index contributed by atoms with van der Waals surface area (Å²) in [4.78, 5) is 40.1. The number of hydrogen-bond acceptors (Lipinski definition) is 6. The summed E-state index contributed by atoms with van der Waals surface area (Å²) in [5.41, 5.74) is 2.15. The fourth-order valence-electron chi connectivity index (χ4n) is 3.52. The Kier molecular flexibility index (Phi) is 7.89. The van der Waals surface area contributed by atoms with Crippen LogP contribution in [0.2, 0.25) is 0 Å². The van der Waals surface area contributed by atoms with Crippen molar-refractivity contribution in [1.29, 1.82) is 0 Å². The number of nitrogens with one attached hydrogen (secondary N) is 1. The second-order valence-corrected chi connectivity index (χ2v) is 8.95. The predicted octanol–water partition coefficient (Wildman–Crippen LogP) is 1.56. The van der Waals surface area contributed by atoms with E-state index < -0.39 is 11.8 Å². The molecule has 1 aliphatic heterocycles. The van der Waals surface area contributed by atoms with E-state index in [1.807, 2.05) is 50.5 Å². The van der Waals surface area contributed by atoms with Crippen LogP contribution in [0.5, 0.6) is 0 Å². The van der Waals surface area contributed by atoms with Crippen molar-refractivity contribution in [2.75, 3.05) is 31.9 Å². The number of carbonyl (C=O) groups is 3. The summed E-state index contributed by atoms with van der Waals surface area (Å²) in [5, 5.41) is 12.0. The van der Waals surface area contributed by atoms with Gasteiger partial charge in [0.05, 0.1) is 5.75 Å². The number of aromatic nitrogens is 3. The zero-order valence-electron chi connectivity index (χ0n) is 19.0. The topological polar surface area (TPSA) is 100 Å². The largest absolute Gasteiger partial charge is 0.346 e. The van der Waals surface area contributed by atoms with Gasteiger partial charge >= 0.3 is 11.8 Å². The number of nitrogens with zero attached hydrogens (tertiary/aromatic N) is 5. The van der Waals surface area contributed by atoms with Gasteiger partial charge in [0.1, 0.15) is 0 Å². The van der Waals surface area contributed by atoms with Crippen molar-refractivity contribution >= 4 is 29.5 Å². The lowest BCUT2D eigenvalue weighted by Crippen LogP contribution is -2.54. The van der Waals surface area contributed by atoms with Crippen LogP contribution in [0, 0.1) is 6.92 Å². The number of thioether (sulfide) groups is 1. The Morgan fingerprint density at radius 2 is 1.78 bits per heavy atom. The Morgan fingerprint density at radius 1 is 1.09 bits per heavy atom. The molecule has 1 aromatic carbocycles. The van der Waals surface area contributed by atoms with Gasteiger partial charge in [-0.3, -0.25) is 14.4 Å². The van der Waals surface area contributed by atoms with Gasteiger partial charge in [0.25, 0.3) is 0 Å². The van der Waals surface area contributed by atoms with Gasteiger partial charge in [-0.15, -0.1) is 10.2 Å². The highest BCUT2D eigenvalue weighted by molar-refractivity contribution is 7.99. The van der Waals surface area contributed by atoms with Crippen molar-refractivity contribution in [3.05, 3.63) is 29.8 Å². The maximum Gasteiger partial charge on any atom is 0.312 e. The second kappa shape index (κ2) is 10.6. The van der Waals surface area contributed by atoms with Crippen LogP contribution in [-0.4, -0.2) is 80.3 Å². The SMILES string of the molecule is CCn1c(SCC(=O)N2CCN(C(=O)C(=O)NC(C)C)CC2)nnc1-c1cccc(C)c1. The molecule has 3 rings (SSSR count). The molecule has 0 saturated carbocycles. The summed E-state index contributed by atoms with van der Waals surface area (Å²) in [6.07, 6.45) is 0. The Morgan fingerprint density at radius 3 is 2.41 bits per heavy atom. The standard InChI is InChI=1S/C22H30N6O3S/c1-5-28-19(17-8-6-7-16(4)13-17)24-25-22(28)32-14-18(29)26-9-11-27(12-10-26)21(31)20(30)23-15(2)3/h6-8,13,15H,5,9-12,14H2,1-4H3,(H,23,30). The van der Waals surface area contributed by atoms with E-state index in [0.29, 0.717) is 37.9 Å². The van der Waals surface area contributed by atoms with Crippen molar-refractivity contribution in [2.45, 2.75) is 45.4 Å². The van der Waals surface area contributed by atoms with Gasteiger partial charge in [0.2, 0.25) is 5.91 Å². The van der Waals surface area contributed by atoms with E-state index in [0.717, 1.165) is 17.0 Å². The summed E-state index contributed by atoms with van der Waals surface area (Å²) in [7, 11) is 0. The van der Waals surface area contributed by atoms with Crippen LogP contribution in [0.4, 0.5) is 0 Å². The number of rotatable bonds is 6. The summed E-state index contributed by atoms with van der Waals surface area (Å²) < 4.78 is 2.01. The van der Waals surface area contributed by atoms with Crippen LogP contribution < -0.4 is 5.32 Å². The van der Waals surface area contributed by atoms with E-state index in [4.69, 9.17) is 0 Å². The van der Waals surface area contributed by atoms with E-state index in [2.05, 4.69) is 21.6 Å². The number of benzene rings is 1. The molecule has 0 unspecified atom stereocenters. The average molecular weight is 459 g/mol. The van der Waals surface area contributed by atoms with E-state index in [1.165, 1.54) is 16.7 Å². The van der Waals surface area contributed by atoms with Gasteiger partial charge in [0.15, 0.2) is 11.0 Å². The van der Waals surface area contributed by atoms with Crippen molar-refractivity contribution in [3.63, 3.8) is 0 Å². The van der Waals surface area contributed by atoms with E-state index in [-0.39, 0.29) is 17.7 Å². The van der Waals surface area contributed by atoms with Gasteiger partial charge < -0.3 is 19.7 Å². The second-order valence-electron chi connectivity index (χ2n) is 8.01. The van der Waals surface area contributed by atoms with Crippen molar-refractivity contribution in [2.24, 2.45) is 0 Å². The molecule has 1 N–H and O–H groups in total. The van der Waals surface area contributed by atoms with Gasteiger partial charge in [-0.2, -0.15) is 0 Å². The van der Waals surface area contributed by atoms with Crippen molar-refractivity contribution in [1.82, 2.24) is 29.9 Å². The Hall–Kier alpha value is -2.88. The number of piperazine rings is 1. The first kappa shape index (κ1) is 23.8. The summed E-state index contributed by atoms with van der Waals surface area (Å²) in [6.45, 7) is 9.91. The highest BCUT2D eigenvalue weighted by Gasteiger charge is 2.28. The fraction of sp³-hybridized carbons (Fsp3) is 0.500. The average Bonchev–Trinajstić information content (AvgIpc) is 3.19. The lowest BCUT2D eigenvalue weighted by Gasteiger charge is -2.34. The van der Waals surface area contributed by atoms with Gasteiger partial charge in [-0.1, -0.05) is 35.5 Å². The number of aryl methyl sites for hydroxylation is 1. The van der Waals surface area contributed by atoms with Crippen molar-refractivity contribution in [3.8, 4) is 11.4 Å². The molecule has 1 aromatic heterocycles. The van der Waals surface area contributed by atoms with Gasteiger partial charge in [0, 0.05) is 44.3 Å². The van der Waals surface area contributed by atoms with Crippen LogP contribution in [0.1, 0.15) is 26.3 Å². The molecular formula is C22H30N6O3S. The smallest absolute Gasteiger partial charge is 0.312 e. The molecule has 10 heteroatoms. The Bertz CT molecular complexity index is 982. The molecule has 2 aromatic rings. The minimum atomic E-state index is -0.598. The third-order valence-corrected chi connectivity index (χ3v) is 6.12. The molecule has 9 nitrogen and oxygen atoms in total. The lowest BCUT2D eigenvalue weighted by molar-refractivity contribution is -0.148. The molecule has 0 bridgehead atoms. The molecule has 3 amide bonds. The number of hydrogen-bond donors (Lipinski definition) is 1. The molecule has 1 fully saturated rings. The van der Waals surface area contributed by atoms with E-state index in [9.17, 15) is 14.4 Å². The lowest BCUT2D eigenvalue weighted by atomic mass is 10.1. The molecule has 0 radical (unpaired) electrons. The molecule has 1 aliphatic rings. The van der Waals surface area contributed by atoms with Crippen LogP contribution >= 0.6 is 11.8 Å². The Balaban J connectivity index is 1.55. The van der Waals surface area contributed by atoms with Crippen LogP contribution in [-0.2, 0) is 20.9 Å². The first-order valence-electron chi connectivity index (χ1n) is 10.8. The molecule has 1 saturated heterocycles. The molecule has 0 atom stereocenters. The third-order valence-electron chi connectivity index (χ3n) is 5.17. The fourth-order valence-corrected chi connectivity index (χ4v) is 4.43. The van der Waals surface area contributed by atoms with E-state index in [1.54, 1.807) is 4.90 Å². The molecule has 32 heavy (non-hydrogen) atoms. The molecule has 2 heterocycles. The van der Waals surface area contributed by atoms with Crippen LogP contribution in [0.25, 0.3) is 11.4 Å². The maximum absolute atomic E-state index is 12.7. The Labute approximate surface area is 192 Å². The molecule has 0 spiro atoms. The van der Waals surface area contributed by atoms with Crippen LogP contribution in [0.3, 0.4) is 0 Å². The first-order valence-corrected chi connectivity index (χ1v) is 11.8. The monoisotopic (exact) mass is 458 g/mol. The molecule has 0 aliphatic carbocycles. The predicted molar refractivity (Wildman–Crippen MR) is 123 cm³/mol. The zero-order valence-corrected chi connectivity index (χ0v) is 19.8. The quantitative estimate of drug-likeness (QED) is 0.521. The maximum atomic E-state index is 12.7. The normalized spacial score (nSPS) is 14.0. The number of amides is 3. The summed E-state index contributed by atoms with van der Waals surface area (Å²) in [6, 6.07) is 8.01. The zero-order chi connectivity index (χ0) is 23.3. The number of carbonyl (C=O) groups excluding carboxylic acids is 3. The molecular weight excluding hydrogens is 428 g/mol. The minimum Gasteiger partial charge on any atom is -0.346 e. The van der Waals surface area contributed by atoms with Gasteiger partial charge in [-0.05, 0) is 33.8 Å².